The number of esters is 1. The Kier molecular flexibility index (Phi) is 5.14. The predicted octanol–water partition coefficient (Wildman–Crippen LogP) is 3.49. The summed E-state index contributed by atoms with van der Waals surface area (Å²) in [5.74, 6) is -1.15. The van der Waals surface area contributed by atoms with Crippen LogP contribution in [0.25, 0.3) is 22.6 Å². The molecule has 0 radical (unpaired) electrons. The summed E-state index contributed by atoms with van der Waals surface area (Å²) in [5.41, 5.74) is 0.669. The van der Waals surface area contributed by atoms with Crippen molar-refractivity contribution in [3.8, 4) is 11.5 Å². The van der Waals surface area contributed by atoms with E-state index in [-0.39, 0.29) is 22.7 Å². The summed E-state index contributed by atoms with van der Waals surface area (Å²) >= 11 is 0. The van der Waals surface area contributed by atoms with Crippen LogP contribution in [0.5, 0.6) is 0 Å². The Balaban J connectivity index is 1.54. The summed E-state index contributed by atoms with van der Waals surface area (Å²) in [7, 11) is 0. The van der Waals surface area contributed by atoms with Crippen LogP contribution in [0.2, 0.25) is 0 Å². The van der Waals surface area contributed by atoms with E-state index in [1.807, 2.05) is 0 Å². The van der Waals surface area contributed by atoms with E-state index < -0.39 is 23.4 Å². The largest absolute Gasteiger partial charge is 0.463 e. The van der Waals surface area contributed by atoms with Gasteiger partial charge in [0.1, 0.15) is 11.4 Å². The molecule has 156 valence electrons. The number of nitrogens with zero attached hydrogens (tertiary/aromatic N) is 3. The molecule has 0 fully saturated rings. The molecular formula is C20H14N4O7. The van der Waals surface area contributed by atoms with Gasteiger partial charge in [-0.3, -0.25) is 14.9 Å². The summed E-state index contributed by atoms with van der Waals surface area (Å²) in [6.45, 7) is 0.979. The molecule has 1 N–H and O–H groups in total. The second-order valence-electron chi connectivity index (χ2n) is 6.38. The second kappa shape index (κ2) is 8.06. The molecule has 0 bridgehead atoms. The average Bonchev–Trinajstić information content (AvgIpc) is 3.42. The first-order valence-electron chi connectivity index (χ1n) is 8.95. The first-order chi connectivity index (χ1) is 14.9. The number of fused-ring (bicyclic) bond motifs is 1. The third-order valence-electron chi connectivity index (χ3n) is 4.32. The van der Waals surface area contributed by atoms with Crippen molar-refractivity contribution in [1.29, 1.82) is 0 Å². The fraction of sp³-hybridized carbons (Fsp3) is 0.100. The smallest absolute Gasteiger partial charge is 0.339 e. The van der Waals surface area contributed by atoms with E-state index in [1.54, 1.807) is 19.1 Å². The number of carbonyl (C=O) groups excluding carboxylic acids is 2. The van der Waals surface area contributed by atoms with Crippen LogP contribution in [0.1, 0.15) is 16.1 Å². The minimum Gasteiger partial charge on any atom is -0.463 e. The van der Waals surface area contributed by atoms with Crippen molar-refractivity contribution in [2.45, 2.75) is 6.92 Å². The van der Waals surface area contributed by atoms with Crippen molar-refractivity contribution < 1.29 is 28.2 Å². The molecule has 0 aliphatic rings. The molecule has 11 heteroatoms. The van der Waals surface area contributed by atoms with E-state index in [0.29, 0.717) is 22.5 Å². The summed E-state index contributed by atoms with van der Waals surface area (Å²) in [6.07, 6.45) is 1.46. The molecule has 3 heterocycles. The summed E-state index contributed by atoms with van der Waals surface area (Å²) in [5, 5.41) is 17.6. The van der Waals surface area contributed by atoms with Crippen molar-refractivity contribution in [3.63, 3.8) is 0 Å². The number of nitro benzene ring substituents is 1. The van der Waals surface area contributed by atoms with E-state index in [4.69, 9.17) is 13.7 Å². The molecule has 1 amide bonds. The average molecular weight is 422 g/mol. The molecule has 11 nitrogen and oxygen atoms in total. The number of anilines is 1. The zero-order chi connectivity index (χ0) is 22.0. The minimum absolute atomic E-state index is 0.00478. The summed E-state index contributed by atoms with van der Waals surface area (Å²) < 4.78 is 15.6. The van der Waals surface area contributed by atoms with Crippen LogP contribution in [-0.4, -0.2) is 33.5 Å². The van der Waals surface area contributed by atoms with Crippen molar-refractivity contribution in [2.24, 2.45) is 0 Å². The highest BCUT2D eigenvalue weighted by Crippen LogP contribution is 2.28. The van der Waals surface area contributed by atoms with Crippen LogP contribution < -0.4 is 5.32 Å². The monoisotopic (exact) mass is 422 g/mol. The number of nitro groups is 1. The number of furan rings is 1. The number of carbonyl (C=O) groups is 2. The molecule has 0 saturated heterocycles. The molecule has 0 saturated carbocycles. The molecule has 0 aliphatic carbocycles. The number of ether oxygens (including phenoxy) is 1. The Bertz CT molecular complexity index is 1290. The minimum atomic E-state index is -0.816. The predicted molar refractivity (Wildman–Crippen MR) is 106 cm³/mol. The van der Waals surface area contributed by atoms with Gasteiger partial charge in [-0.15, -0.1) is 0 Å². The van der Waals surface area contributed by atoms with E-state index in [2.05, 4.69) is 15.5 Å². The van der Waals surface area contributed by atoms with Gasteiger partial charge in [0.25, 0.3) is 17.3 Å². The number of pyridine rings is 1. The van der Waals surface area contributed by atoms with Gasteiger partial charge in [0.15, 0.2) is 12.4 Å². The summed E-state index contributed by atoms with van der Waals surface area (Å²) in [6, 6.07) is 10.4. The topological polar surface area (TPSA) is 151 Å². The van der Waals surface area contributed by atoms with E-state index in [9.17, 15) is 19.7 Å². The quantitative estimate of drug-likeness (QED) is 0.280. The highest BCUT2D eigenvalue weighted by molar-refractivity contribution is 6.05. The second-order valence-corrected chi connectivity index (χ2v) is 6.38. The molecule has 0 aliphatic heterocycles. The highest BCUT2D eigenvalue weighted by atomic mass is 16.6. The van der Waals surface area contributed by atoms with Gasteiger partial charge in [0.2, 0.25) is 0 Å². The van der Waals surface area contributed by atoms with E-state index >= 15 is 0 Å². The Labute approximate surface area is 173 Å². The Morgan fingerprint density at radius 2 is 2.03 bits per heavy atom. The van der Waals surface area contributed by atoms with Crippen molar-refractivity contribution >= 4 is 34.4 Å². The molecule has 3 aromatic heterocycles. The highest BCUT2D eigenvalue weighted by Gasteiger charge is 2.22. The van der Waals surface area contributed by atoms with Crippen LogP contribution >= 0.6 is 0 Å². The van der Waals surface area contributed by atoms with Crippen LogP contribution in [0.3, 0.4) is 0 Å². The maximum Gasteiger partial charge on any atom is 0.339 e. The Morgan fingerprint density at radius 1 is 1.23 bits per heavy atom. The van der Waals surface area contributed by atoms with Gasteiger partial charge in [-0.1, -0.05) is 17.3 Å². The number of nitrogens with one attached hydrogen (secondary N) is 1. The number of hydrogen-bond donors (Lipinski definition) is 1. The number of aromatic nitrogens is 2. The zero-order valence-electron chi connectivity index (χ0n) is 16.0. The number of para-hydroxylation sites is 2. The van der Waals surface area contributed by atoms with Gasteiger partial charge in [-0.25, -0.2) is 9.78 Å². The van der Waals surface area contributed by atoms with Gasteiger partial charge >= 0.3 is 5.97 Å². The molecule has 4 rings (SSSR count). The lowest BCUT2D eigenvalue weighted by atomic mass is 10.1. The third-order valence-corrected chi connectivity index (χ3v) is 4.32. The lowest BCUT2D eigenvalue weighted by molar-refractivity contribution is -0.383. The lowest BCUT2D eigenvalue weighted by Gasteiger charge is -2.08. The van der Waals surface area contributed by atoms with Gasteiger partial charge in [0.05, 0.1) is 27.8 Å². The van der Waals surface area contributed by atoms with Crippen molar-refractivity contribution in [3.05, 3.63) is 70.1 Å². The van der Waals surface area contributed by atoms with Gasteiger partial charge in [-0.2, -0.15) is 0 Å². The SMILES string of the molecule is Cc1noc2nc(-c3ccco3)cc(C(=O)OCC(=O)Nc3ccccc3[N+](=O)[O-])c12. The van der Waals surface area contributed by atoms with Crippen LogP contribution in [0.4, 0.5) is 11.4 Å². The number of benzene rings is 1. The van der Waals surface area contributed by atoms with Gasteiger partial charge < -0.3 is 19.0 Å². The lowest BCUT2D eigenvalue weighted by Crippen LogP contribution is -2.21. The molecule has 0 spiro atoms. The normalized spacial score (nSPS) is 10.7. The maximum atomic E-state index is 12.7. The zero-order valence-corrected chi connectivity index (χ0v) is 16.0. The number of hydrogen-bond acceptors (Lipinski definition) is 9. The maximum absolute atomic E-state index is 12.7. The number of rotatable bonds is 6. The van der Waals surface area contributed by atoms with Gasteiger partial charge in [-0.05, 0) is 31.2 Å². The first kappa shape index (κ1) is 19.8. The summed E-state index contributed by atoms with van der Waals surface area (Å²) in [4.78, 5) is 39.6. The van der Waals surface area contributed by atoms with Gasteiger partial charge in [0, 0.05) is 6.07 Å². The molecule has 31 heavy (non-hydrogen) atoms. The first-order valence-corrected chi connectivity index (χ1v) is 8.95. The number of amides is 1. The molecule has 4 aromatic rings. The van der Waals surface area contributed by atoms with Crippen LogP contribution in [0.15, 0.2) is 57.7 Å². The fourth-order valence-electron chi connectivity index (χ4n) is 2.94. The Morgan fingerprint density at radius 3 is 2.77 bits per heavy atom. The van der Waals surface area contributed by atoms with Crippen molar-refractivity contribution in [2.75, 3.05) is 11.9 Å². The van der Waals surface area contributed by atoms with E-state index in [0.717, 1.165) is 0 Å². The fourth-order valence-corrected chi connectivity index (χ4v) is 2.94. The molecule has 0 atom stereocenters. The third kappa shape index (κ3) is 3.96. The number of aryl methyl sites for hydroxylation is 1. The van der Waals surface area contributed by atoms with Crippen LogP contribution in [-0.2, 0) is 9.53 Å². The van der Waals surface area contributed by atoms with E-state index in [1.165, 1.54) is 36.6 Å². The standard InChI is InChI=1S/C20H14N4O7/c1-11-18-12(9-14(16-7-4-8-29-16)22-19(18)31-23-11)20(26)30-10-17(25)21-13-5-2-3-6-15(13)24(27)28/h2-9H,10H2,1H3,(H,21,25). The molecule has 1 aromatic carbocycles. The van der Waals surface area contributed by atoms with Crippen molar-refractivity contribution in [1.82, 2.24) is 10.1 Å². The molecular weight excluding hydrogens is 408 g/mol. The van der Waals surface area contributed by atoms with Crippen LogP contribution in [0, 0.1) is 17.0 Å². The Hall–Kier alpha value is -4.54. The molecule has 0 unspecified atom stereocenters.